The van der Waals surface area contributed by atoms with Gasteiger partial charge >= 0.3 is 0 Å². The lowest BCUT2D eigenvalue weighted by atomic mass is 10.3. The van der Waals surface area contributed by atoms with Crippen molar-refractivity contribution in [2.24, 2.45) is 0 Å². The van der Waals surface area contributed by atoms with Crippen LogP contribution in [-0.4, -0.2) is 15.1 Å². The zero-order valence-electron chi connectivity index (χ0n) is 7.40. The van der Waals surface area contributed by atoms with Gasteiger partial charge in [-0.15, -0.1) is 0 Å². The first-order chi connectivity index (χ1) is 5.70. The fourth-order valence-electron chi connectivity index (χ4n) is 0.910. The first kappa shape index (κ1) is 13.1. The van der Waals surface area contributed by atoms with E-state index in [1.807, 2.05) is 37.5 Å². The van der Waals surface area contributed by atoms with Gasteiger partial charge in [0.1, 0.15) is 0 Å². The monoisotopic (exact) mass is 313 g/mol. The first-order valence-corrected chi connectivity index (χ1v) is 5.21. The summed E-state index contributed by atoms with van der Waals surface area (Å²) in [4.78, 5) is 0. The zero-order chi connectivity index (χ0) is 8.97. The molecule has 13 heavy (non-hydrogen) atoms. The van der Waals surface area contributed by atoms with E-state index in [4.69, 9.17) is 0 Å². The van der Waals surface area contributed by atoms with E-state index in [0.29, 0.717) is 0 Å². The van der Waals surface area contributed by atoms with Crippen LogP contribution in [0.2, 0.25) is 0 Å². The third-order valence-electron chi connectivity index (χ3n) is 1.69. The average Bonchev–Trinajstić information content (AvgIpc) is 2.06. The molecule has 0 radical (unpaired) electrons. The molecule has 0 saturated heterocycles. The molecular weight excluding hydrogens is 300 g/mol. The molecular formula is C9H13ClINO. The van der Waals surface area contributed by atoms with Crippen molar-refractivity contribution in [3.8, 4) is 0 Å². The third-order valence-corrected chi connectivity index (χ3v) is 3.12. The van der Waals surface area contributed by atoms with Gasteiger partial charge < -0.3 is 17.5 Å². The van der Waals surface area contributed by atoms with Crippen molar-refractivity contribution in [1.82, 2.24) is 0 Å². The zero-order valence-corrected chi connectivity index (χ0v) is 10.3. The molecule has 0 amide bonds. The Morgan fingerprint density at radius 1 is 1.31 bits per heavy atom. The maximum Gasteiger partial charge on any atom is 0.168 e. The summed E-state index contributed by atoms with van der Waals surface area (Å²) in [7, 11) is 0. The molecule has 2 nitrogen and oxygen atoms in total. The normalized spacial score (nSPS) is 14.4. The van der Waals surface area contributed by atoms with Crippen LogP contribution < -0.4 is 17.0 Å². The number of aromatic nitrogens is 1. The van der Waals surface area contributed by atoms with Crippen LogP contribution in [-0.2, 0) is 6.54 Å². The predicted molar refractivity (Wildman–Crippen MR) is 56.1 cm³/mol. The van der Waals surface area contributed by atoms with E-state index in [0.717, 1.165) is 6.54 Å². The van der Waals surface area contributed by atoms with Crippen LogP contribution in [0.5, 0.6) is 0 Å². The van der Waals surface area contributed by atoms with Crippen LogP contribution in [0.4, 0.5) is 0 Å². The lowest BCUT2D eigenvalue weighted by Crippen LogP contribution is -3.00. The van der Waals surface area contributed by atoms with Gasteiger partial charge in [0.25, 0.3) is 0 Å². The van der Waals surface area contributed by atoms with Crippen molar-refractivity contribution in [2.75, 3.05) is 0 Å². The minimum atomic E-state index is -0.252. The molecule has 0 saturated carbocycles. The fraction of sp³-hybridized carbons (Fsp3) is 0.444. The summed E-state index contributed by atoms with van der Waals surface area (Å²) < 4.78 is 2.35. The van der Waals surface area contributed by atoms with Gasteiger partial charge in [0, 0.05) is 12.1 Å². The van der Waals surface area contributed by atoms with E-state index in [9.17, 15) is 5.11 Å². The summed E-state index contributed by atoms with van der Waals surface area (Å²) >= 11 is 2.26. The Balaban J connectivity index is 0.00000144. The quantitative estimate of drug-likeness (QED) is 0.396. The van der Waals surface area contributed by atoms with Crippen molar-refractivity contribution in [2.45, 2.75) is 23.5 Å². The maximum atomic E-state index is 9.26. The molecule has 0 bridgehead atoms. The smallest absolute Gasteiger partial charge is 0.168 e. The van der Waals surface area contributed by atoms with Crippen molar-refractivity contribution in [1.29, 1.82) is 0 Å². The van der Waals surface area contributed by atoms with Gasteiger partial charge in [0.15, 0.2) is 18.9 Å². The Kier molecular flexibility index (Phi) is 6.63. The van der Waals surface area contributed by atoms with E-state index < -0.39 is 0 Å². The molecule has 0 aromatic carbocycles. The summed E-state index contributed by atoms with van der Waals surface area (Å²) in [6.45, 7) is 2.68. The second-order valence-corrected chi connectivity index (χ2v) is 4.43. The number of hydrogen-bond acceptors (Lipinski definition) is 1. The number of pyridine rings is 1. The minimum Gasteiger partial charge on any atom is -1.00 e. The summed E-state index contributed by atoms with van der Waals surface area (Å²) in [6.07, 6.45) is 3.76. The fourth-order valence-corrected chi connectivity index (χ4v) is 1.36. The number of halogens is 2. The van der Waals surface area contributed by atoms with E-state index in [2.05, 4.69) is 27.2 Å². The molecule has 1 rings (SSSR count). The first-order valence-electron chi connectivity index (χ1n) is 3.96. The molecule has 0 fully saturated rings. The van der Waals surface area contributed by atoms with Crippen molar-refractivity contribution in [3.63, 3.8) is 0 Å². The lowest BCUT2D eigenvalue weighted by molar-refractivity contribution is -0.696. The van der Waals surface area contributed by atoms with Gasteiger partial charge in [0.05, 0.1) is 10.0 Å². The van der Waals surface area contributed by atoms with Gasteiger partial charge in [-0.25, -0.2) is 4.57 Å². The summed E-state index contributed by atoms with van der Waals surface area (Å²) in [5.74, 6) is 0. The van der Waals surface area contributed by atoms with Crippen LogP contribution in [0.1, 0.15) is 6.92 Å². The molecule has 0 spiro atoms. The molecule has 2 atom stereocenters. The van der Waals surface area contributed by atoms with E-state index in [1.54, 1.807) is 0 Å². The Labute approximate surface area is 98.5 Å². The van der Waals surface area contributed by atoms with Crippen LogP contribution in [0.15, 0.2) is 30.6 Å². The second kappa shape index (κ2) is 6.56. The van der Waals surface area contributed by atoms with Gasteiger partial charge in [0.2, 0.25) is 0 Å². The molecule has 0 aliphatic rings. The number of aliphatic hydroxyl groups excluding tert-OH is 1. The number of aliphatic hydroxyl groups is 1. The number of hydrogen-bond donors (Lipinski definition) is 1. The van der Waals surface area contributed by atoms with Crippen molar-refractivity contribution in [3.05, 3.63) is 30.6 Å². The van der Waals surface area contributed by atoms with Gasteiger partial charge in [-0.1, -0.05) is 28.7 Å². The number of nitrogens with zero attached hydrogens (tertiary/aromatic N) is 1. The molecule has 2 unspecified atom stereocenters. The largest absolute Gasteiger partial charge is 1.00 e. The predicted octanol–water partition coefficient (Wildman–Crippen LogP) is -1.84. The highest BCUT2D eigenvalue weighted by Gasteiger charge is 2.14. The van der Waals surface area contributed by atoms with Crippen LogP contribution in [0.3, 0.4) is 0 Å². The highest BCUT2D eigenvalue weighted by molar-refractivity contribution is 14.1. The molecule has 1 N–H and O–H groups in total. The molecule has 0 aliphatic carbocycles. The van der Waals surface area contributed by atoms with Gasteiger partial charge in [-0.05, 0) is 6.92 Å². The van der Waals surface area contributed by atoms with Crippen LogP contribution in [0, 0.1) is 0 Å². The van der Waals surface area contributed by atoms with Crippen LogP contribution in [0.25, 0.3) is 0 Å². The van der Waals surface area contributed by atoms with E-state index >= 15 is 0 Å². The molecule has 0 aliphatic heterocycles. The highest BCUT2D eigenvalue weighted by atomic mass is 127. The topological polar surface area (TPSA) is 24.1 Å². The Morgan fingerprint density at radius 2 is 1.85 bits per heavy atom. The summed E-state index contributed by atoms with van der Waals surface area (Å²) in [5.41, 5.74) is 0. The summed E-state index contributed by atoms with van der Waals surface area (Å²) in [6, 6.07) is 5.97. The Hall–Kier alpha value is 0.130. The van der Waals surface area contributed by atoms with Crippen LogP contribution >= 0.6 is 22.6 Å². The van der Waals surface area contributed by atoms with Gasteiger partial charge in [-0.3, -0.25) is 0 Å². The van der Waals surface area contributed by atoms with Crippen molar-refractivity contribution >= 4 is 22.6 Å². The molecule has 1 aromatic heterocycles. The standard InChI is InChI=1S/C9H13INO.ClH/c1-8(12)9(10)7-11-5-3-2-4-6-11;/h2-6,8-9,12H,7H2,1H3;1H/q+1;/p-1. The molecule has 1 heterocycles. The Morgan fingerprint density at radius 3 is 2.31 bits per heavy atom. The minimum absolute atomic E-state index is 0. The second-order valence-electron chi connectivity index (χ2n) is 2.83. The third kappa shape index (κ3) is 4.78. The SMILES string of the molecule is CC(O)C(I)C[n+]1ccccc1.[Cl-]. The lowest BCUT2D eigenvalue weighted by Gasteiger charge is -2.08. The van der Waals surface area contributed by atoms with E-state index in [1.165, 1.54) is 0 Å². The average molecular weight is 314 g/mol. The summed E-state index contributed by atoms with van der Waals surface area (Å²) in [5, 5.41) is 9.26. The number of rotatable bonds is 3. The molecule has 74 valence electrons. The molecule has 1 aromatic rings. The highest BCUT2D eigenvalue weighted by Crippen LogP contribution is 2.05. The molecule has 4 heteroatoms. The van der Waals surface area contributed by atoms with E-state index in [-0.39, 0.29) is 22.4 Å². The van der Waals surface area contributed by atoms with Gasteiger partial charge in [-0.2, -0.15) is 0 Å². The number of alkyl halides is 1. The Bertz CT molecular complexity index is 230. The maximum absolute atomic E-state index is 9.26. The van der Waals surface area contributed by atoms with Crippen molar-refractivity contribution < 1.29 is 22.1 Å².